The predicted molar refractivity (Wildman–Crippen MR) is 67.9 cm³/mol. The minimum Gasteiger partial charge on any atom is -0.481 e. The molecule has 2 bridgehead atoms. The first-order valence-corrected chi connectivity index (χ1v) is 6.80. The molecule has 0 aromatic rings. The molecule has 0 aliphatic heterocycles. The molecule has 0 aromatic heterocycles. The SMILES string of the molecule is CCC(CC)NC(=O)[C@@H]1[C@@H](C(=O)O)[C@H]2C=C[C@@H]1C2. The molecule has 1 saturated carbocycles. The summed E-state index contributed by atoms with van der Waals surface area (Å²) in [5, 5.41) is 12.3. The van der Waals surface area contributed by atoms with E-state index >= 15 is 0 Å². The van der Waals surface area contributed by atoms with Gasteiger partial charge >= 0.3 is 5.97 Å². The molecular weight excluding hydrogens is 230 g/mol. The quantitative estimate of drug-likeness (QED) is 0.732. The van der Waals surface area contributed by atoms with Crippen molar-refractivity contribution in [3.05, 3.63) is 12.2 Å². The van der Waals surface area contributed by atoms with Gasteiger partial charge < -0.3 is 10.4 Å². The van der Waals surface area contributed by atoms with Gasteiger partial charge in [0.25, 0.3) is 0 Å². The van der Waals surface area contributed by atoms with Crippen LogP contribution in [0.2, 0.25) is 0 Å². The molecule has 0 aromatic carbocycles. The maximum Gasteiger partial charge on any atom is 0.307 e. The lowest BCUT2D eigenvalue weighted by atomic mass is 9.82. The van der Waals surface area contributed by atoms with Crippen LogP contribution in [-0.4, -0.2) is 23.0 Å². The number of hydrogen-bond donors (Lipinski definition) is 2. The van der Waals surface area contributed by atoms with Gasteiger partial charge in [0.1, 0.15) is 0 Å². The van der Waals surface area contributed by atoms with Crippen LogP contribution in [0.3, 0.4) is 0 Å². The van der Waals surface area contributed by atoms with Crippen LogP contribution >= 0.6 is 0 Å². The summed E-state index contributed by atoms with van der Waals surface area (Å²) in [6, 6.07) is 0.162. The number of carbonyl (C=O) groups excluding carboxylic acids is 1. The third-order valence-electron chi connectivity index (χ3n) is 4.38. The summed E-state index contributed by atoms with van der Waals surface area (Å²) in [6.07, 6.45) is 6.57. The third-order valence-corrected chi connectivity index (χ3v) is 4.38. The molecule has 4 heteroatoms. The second-order valence-corrected chi connectivity index (χ2v) is 5.36. The molecule has 2 rings (SSSR count). The fraction of sp³-hybridized carbons (Fsp3) is 0.714. The van der Waals surface area contributed by atoms with Crippen molar-refractivity contribution in [3.8, 4) is 0 Å². The molecule has 0 radical (unpaired) electrons. The molecule has 2 aliphatic carbocycles. The van der Waals surface area contributed by atoms with Crippen molar-refractivity contribution in [1.82, 2.24) is 5.32 Å². The van der Waals surface area contributed by atoms with Gasteiger partial charge in [0, 0.05) is 6.04 Å². The number of carboxylic acids is 1. The summed E-state index contributed by atoms with van der Waals surface area (Å²) in [7, 11) is 0. The van der Waals surface area contributed by atoms with Crippen molar-refractivity contribution in [2.24, 2.45) is 23.7 Å². The topological polar surface area (TPSA) is 66.4 Å². The minimum absolute atomic E-state index is 0.0463. The van der Waals surface area contributed by atoms with Crippen LogP contribution in [0, 0.1) is 23.7 Å². The Morgan fingerprint density at radius 3 is 2.28 bits per heavy atom. The zero-order chi connectivity index (χ0) is 13.3. The van der Waals surface area contributed by atoms with E-state index in [1.165, 1.54) is 0 Å². The molecule has 4 nitrogen and oxygen atoms in total. The van der Waals surface area contributed by atoms with Crippen molar-refractivity contribution in [2.45, 2.75) is 39.2 Å². The van der Waals surface area contributed by atoms with E-state index in [1.54, 1.807) is 0 Å². The normalized spacial score (nSPS) is 33.1. The van der Waals surface area contributed by atoms with Crippen molar-refractivity contribution in [1.29, 1.82) is 0 Å². The van der Waals surface area contributed by atoms with Crippen molar-refractivity contribution in [2.75, 3.05) is 0 Å². The van der Waals surface area contributed by atoms with E-state index in [0.717, 1.165) is 19.3 Å². The second-order valence-electron chi connectivity index (χ2n) is 5.36. The number of hydrogen-bond acceptors (Lipinski definition) is 2. The second kappa shape index (κ2) is 5.12. The van der Waals surface area contributed by atoms with Crippen molar-refractivity contribution in [3.63, 3.8) is 0 Å². The fourth-order valence-corrected chi connectivity index (χ4v) is 3.31. The summed E-state index contributed by atoms with van der Waals surface area (Å²) in [6.45, 7) is 4.06. The molecule has 1 amide bonds. The highest BCUT2D eigenvalue weighted by atomic mass is 16.4. The minimum atomic E-state index is -0.837. The molecule has 4 atom stereocenters. The Bertz CT molecular complexity index is 373. The van der Waals surface area contributed by atoms with Gasteiger partial charge in [-0.05, 0) is 31.1 Å². The van der Waals surface area contributed by atoms with E-state index in [0.29, 0.717) is 0 Å². The molecular formula is C14H21NO3. The van der Waals surface area contributed by atoms with E-state index in [4.69, 9.17) is 0 Å². The Morgan fingerprint density at radius 2 is 1.78 bits per heavy atom. The first kappa shape index (κ1) is 13.1. The average Bonchev–Trinajstić information content (AvgIpc) is 2.95. The first-order valence-electron chi connectivity index (χ1n) is 6.80. The van der Waals surface area contributed by atoms with Crippen LogP contribution in [0.4, 0.5) is 0 Å². The number of amides is 1. The van der Waals surface area contributed by atoms with Crippen LogP contribution in [0.5, 0.6) is 0 Å². The van der Waals surface area contributed by atoms with E-state index in [1.807, 2.05) is 26.0 Å². The average molecular weight is 251 g/mol. The molecule has 0 saturated heterocycles. The van der Waals surface area contributed by atoms with Crippen molar-refractivity contribution < 1.29 is 14.7 Å². The van der Waals surface area contributed by atoms with Gasteiger partial charge in [-0.25, -0.2) is 0 Å². The highest BCUT2D eigenvalue weighted by Gasteiger charge is 2.51. The van der Waals surface area contributed by atoms with Gasteiger partial charge in [0.15, 0.2) is 0 Å². The van der Waals surface area contributed by atoms with E-state index in [9.17, 15) is 14.7 Å². The van der Waals surface area contributed by atoms with Crippen LogP contribution in [-0.2, 0) is 9.59 Å². The molecule has 1 fully saturated rings. The maximum atomic E-state index is 12.3. The standard InChI is InChI=1S/C14H21NO3/c1-3-10(4-2)15-13(16)11-8-5-6-9(7-8)12(11)14(17)18/h5-6,8-12H,3-4,7H2,1-2H3,(H,15,16)(H,17,18)/t8-,9+,11+,12+/m1/s1. The summed E-state index contributed by atoms with van der Waals surface area (Å²) in [5.41, 5.74) is 0. The Labute approximate surface area is 107 Å². The number of fused-ring (bicyclic) bond motifs is 2. The molecule has 18 heavy (non-hydrogen) atoms. The highest BCUT2D eigenvalue weighted by Crippen LogP contribution is 2.48. The predicted octanol–water partition coefficient (Wildman–Crippen LogP) is 1.81. The number of aliphatic carboxylic acids is 1. The van der Waals surface area contributed by atoms with Gasteiger partial charge in [-0.2, -0.15) is 0 Å². The number of carboxylic acid groups (broad SMARTS) is 1. The Morgan fingerprint density at radius 1 is 1.22 bits per heavy atom. The molecule has 2 aliphatic rings. The smallest absolute Gasteiger partial charge is 0.307 e. The maximum absolute atomic E-state index is 12.3. The van der Waals surface area contributed by atoms with E-state index < -0.39 is 11.9 Å². The van der Waals surface area contributed by atoms with Crippen LogP contribution in [0.25, 0.3) is 0 Å². The van der Waals surface area contributed by atoms with Crippen molar-refractivity contribution >= 4 is 11.9 Å². The third kappa shape index (κ3) is 2.16. The largest absolute Gasteiger partial charge is 0.481 e. The Hall–Kier alpha value is -1.32. The lowest BCUT2D eigenvalue weighted by molar-refractivity contribution is -0.148. The number of allylic oxidation sites excluding steroid dienone is 2. The number of rotatable bonds is 5. The lowest BCUT2D eigenvalue weighted by Gasteiger charge is -2.26. The van der Waals surface area contributed by atoms with Gasteiger partial charge in [0.2, 0.25) is 5.91 Å². The van der Waals surface area contributed by atoms with Crippen LogP contribution < -0.4 is 5.32 Å². The molecule has 0 unspecified atom stereocenters. The molecule has 0 spiro atoms. The van der Waals surface area contributed by atoms with Gasteiger partial charge in [-0.3, -0.25) is 9.59 Å². The molecule has 100 valence electrons. The fourth-order valence-electron chi connectivity index (χ4n) is 3.31. The highest BCUT2D eigenvalue weighted by molar-refractivity contribution is 5.87. The van der Waals surface area contributed by atoms with Crippen LogP contribution in [0.1, 0.15) is 33.1 Å². The van der Waals surface area contributed by atoms with Crippen LogP contribution in [0.15, 0.2) is 12.2 Å². The zero-order valence-electron chi connectivity index (χ0n) is 10.9. The monoisotopic (exact) mass is 251 g/mol. The first-order chi connectivity index (χ1) is 8.58. The van der Waals surface area contributed by atoms with Gasteiger partial charge in [-0.15, -0.1) is 0 Å². The van der Waals surface area contributed by atoms with E-state index in [2.05, 4.69) is 5.32 Å². The molecule has 2 N–H and O–H groups in total. The summed E-state index contributed by atoms with van der Waals surface area (Å²) < 4.78 is 0. The van der Waals surface area contributed by atoms with Gasteiger partial charge in [0.05, 0.1) is 11.8 Å². The molecule has 0 heterocycles. The summed E-state index contributed by atoms with van der Waals surface area (Å²) in [4.78, 5) is 23.6. The number of nitrogens with one attached hydrogen (secondary N) is 1. The van der Waals surface area contributed by atoms with E-state index in [-0.39, 0.29) is 29.7 Å². The zero-order valence-corrected chi connectivity index (χ0v) is 10.9. The number of carbonyl (C=O) groups is 2. The lowest BCUT2D eigenvalue weighted by Crippen LogP contribution is -2.44. The van der Waals surface area contributed by atoms with Gasteiger partial charge in [-0.1, -0.05) is 26.0 Å². The summed E-state index contributed by atoms with van der Waals surface area (Å²) in [5.74, 6) is -1.66. The Balaban J connectivity index is 2.09. The summed E-state index contributed by atoms with van der Waals surface area (Å²) >= 11 is 0. The Kier molecular flexibility index (Phi) is 3.73.